The number of carbonyl (C=O) groups is 1. The molecule has 0 spiro atoms. The van der Waals surface area contributed by atoms with Gasteiger partial charge in [0.15, 0.2) is 5.76 Å². The normalized spacial score (nSPS) is 14.5. The molecule has 31 heavy (non-hydrogen) atoms. The van der Waals surface area contributed by atoms with Crippen molar-refractivity contribution in [3.05, 3.63) is 85.7 Å². The van der Waals surface area contributed by atoms with E-state index in [-0.39, 0.29) is 18.1 Å². The van der Waals surface area contributed by atoms with Gasteiger partial charge in [0.2, 0.25) is 17.1 Å². The Labute approximate surface area is 182 Å². The molecule has 6 nitrogen and oxygen atoms in total. The summed E-state index contributed by atoms with van der Waals surface area (Å²) in [4.78, 5) is 30.7. The molecule has 1 aliphatic rings. The number of nitrogens with one attached hydrogen (secondary N) is 1. The summed E-state index contributed by atoms with van der Waals surface area (Å²) in [5.74, 6) is -0.420. The summed E-state index contributed by atoms with van der Waals surface area (Å²) in [5.41, 5.74) is 3.79. The van der Waals surface area contributed by atoms with Crippen LogP contribution in [-0.4, -0.2) is 27.4 Å². The molecule has 1 amide bonds. The zero-order chi connectivity index (χ0) is 21.5. The van der Waals surface area contributed by atoms with Gasteiger partial charge in [-0.1, -0.05) is 18.2 Å². The predicted molar refractivity (Wildman–Crippen MR) is 120 cm³/mol. The van der Waals surface area contributed by atoms with Gasteiger partial charge in [-0.05, 0) is 47.4 Å². The van der Waals surface area contributed by atoms with Gasteiger partial charge in [-0.15, -0.1) is 0 Å². The number of para-hydroxylation sites is 1. The second-order valence-electron chi connectivity index (χ2n) is 7.94. The van der Waals surface area contributed by atoms with Crippen LogP contribution in [0.2, 0.25) is 0 Å². The Morgan fingerprint density at radius 2 is 2.16 bits per heavy atom. The summed E-state index contributed by atoms with van der Waals surface area (Å²) >= 11 is 1.50. The number of aromatic amines is 1. The second-order valence-corrected chi connectivity index (χ2v) is 8.72. The van der Waals surface area contributed by atoms with E-state index in [1.807, 2.05) is 33.9 Å². The van der Waals surface area contributed by atoms with Crippen molar-refractivity contribution in [1.82, 2.24) is 9.88 Å². The summed E-state index contributed by atoms with van der Waals surface area (Å²) in [7, 11) is 0. The average Bonchev–Trinajstić information content (AvgIpc) is 3.42. The molecule has 158 valence electrons. The van der Waals surface area contributed by atoms with E-state index in [0.717, 1.165) is 23.2 Å². The number of hydrogen-bond acceptors (Lipinski definition) is 5. The fraction of sp³-hybridized carbons (Fsp3) is 0.250. The average molecular weight is 435 g/mol. The number of H-pyrrole nitrogens is 1. The number of thiophene rings is 1. The third-order valence-corrected chi connectivity index (χ3v) is 6.65. The van der Waals surface area contributed by atoms with Crippen molar-refractivity contribution >= 4 is 28.1 Å². The first kappa shape index (κ1) is 19.6. The molecule has 1 atom stereocenters. The zero-order valence-electron chi connectivity index (χ0n) is 17.1. The van der Waals surface area contributed by atoms with Gasteiger partial charge in [0, 0.05) is 35.6 Å². The van der Waals surface area contributed by atoms with E-state index in [1.54, 1.807) is 6.92 Å². The number of benzene rings is 1. The van der Waals surface area contributed by atoms with Crippen molar-refractivity contribution in [3.63, 3.8) is 0 Å². The van der Waals surface area contributed by atoms with Crippen LogP contribution in [0.3, 0.4) is 0 Å². The van der Waals surface area contributed by atoms with Crippen LogP contribution in [0.5, 0.6) is 5.75 Å². The minimum atomic E-state index is -0.518. The van der Waals surface area contributed by atoms with E-state index in [9.17, 15) is 14.7 Å². The Bertz CT molecular complexity index is 1320. The van der Waals surface area contributed by atoms with Gasteiger partial charge in [-0.2, -0.15) is 11.3 Å². The van der Waals surface area contributed by atoms with Crippen molar-refractivity contribution in [2.24, 2.45) is 0 Å². The summed E-state index contributed by atoms with van der Waals surface area (Å²) in [6.07, 6.45) is 0.908. The molecule has 0 saturated carbocycles. The molecule has 0 fully saturated rings. The Kier molecular flexibility index (Phi) is 4.90. The summed E-state index contributed by atoms with van der Waals surface area (Å²) < 4.78 is 5.74. The van der Waals surface area contributed by atoms with Crippen LogP contribution in [0.4, 0.5) is 0 Å². The number of amides is 1. The van der Waals surface area contributed by atoms with Gasteiger partial charge in [-0.25, -0.2) is 0 Å². The first-order chi connectivity index (χ1) is 15.0. The van der Waals surface area contributed by atoms with Crippen molar-refractivity contribution < 1.29 is 14.3 Å². The van der Waals surface area contributed by atoms with Crippen LogP contribution in [0.25, 0.3) is 10.9 Å². The highest BCUT2D eigenvalue weighted by molar-refractivity contribution is 7.08. The summed E-state index contributed by atoms with van der Waals surface area (Å²) in [5, 5.41) is 15.4. The van der Waals surface area contributed by atoms with Crippen LogP contribution < -0.4 is 5.43 Å². The number of carbonyl (C=O) groups excluding carboxylic acids is 1. The van der Waals surface area contributed by atoms with E-state index in [1.165, 1.54) is 28.4 Å². The first-order valence-corrected chi connectivity index (χ1v) is 11.2. The minimum absolute atomic E-state index is 0.0379. The maximum atomic E-state index is 13.3. The fourth-order valence-electron chi connectivity index (χ4n) is 4.41. The summed E-state index contributed by atoms with van der Waals surface area (Å²) in [6, 6.07) is 11.3. The molecule has 0 radical (unpaired) electrons. The van der Waals surface area contributed by atoms with Crippen LogP contribution in [0, 0.1) is 6.92 Å². The van der Waals surface area contributed by atoms with E-state index in [4.69, 9.17) is 4.42 Å². The van der Waals surface area contributed by atoms with Gasteiger partial charge < -0.3 is 19.4 Å². The Morgan fingerprint density at radius 1 is 1.32 bits per heavy atom. The molecule has 1 aromatic carbocycles. The molecular weight excluding hydrogens is 412 g/mol. The fourth-order valence-corrected chi connectivity index (χ4v) is 5.12. The number of rotatable bonds is 4. The number of nitrogens with zero attached hydrogens (tertiary/aromatic N) is 1. The maximum absolute atomic E-state index is 13.3. The van der Waals surface area contributed by atoms with Crippen molar-refractivity contribution in [1.29, 1.82) is 0 Å². The molecular formula is C24H22N2O4S. The van der Waals surface area contributed by atoms with Crippen molar-refractivity contribution in [3.8, 4) is 5.75 Å². The molecule has 0 bridgehead atoms. The maximum Gasteiger partial charge on any atom is 0.227 e. The number of aromatic nitrogens is 1. The topological polar surface area (TPSA) is 86.5 Å². The molecule has 0 aliphatic carbocycles. The lowest BCUT2D eigenvalue weighted by Crippen LogP contribution is -2.36. The second kappa shape index (κ2) is 7.74. The van der Waals surface area contributed by atoms with Gasteiger partial charge in [0.05, 0.1) is 12.5 Å². The molecule has 0 saturated heterocycles. The van der Waals surface area contributed by atoms with E-state index < -0.39 is 17.1 Å². The number of aromatic hydroxyl groups is 1. The molecule has 7 heteroatoms. The molecule has 4 heterocycles. The third kappa shape index (κ3) is 3.55. The highest BCUT2D eigenvalue weighted by atomic mass is 32.1. The SMILES string of the molecule is Cc1cc(=O)c(O)c([C@@H](CC(=O)N2CCc3c([nH]c4ccccc34)C2)c2ccsc2)o1. The van der Waals surface area contributed by atoms with Crippen LogP contribution in [-0.2, 0) is 17.8 Å². The smallest absolute Gasteiger partial charge is 0.227 e. The minimum Gasteiger partial charge on any atom is -0.502 e. The zero-order valence-corrected chi connectivity index (χ0v) is 17.9. The van der Waals surface area contributed by atoms with Crippen LogP contribution in [0.1, 0.15) is 40.7 Å². The molecule has 4 aromatic rings. The monoisotopic (exact) mass is 434 g/mol. The van der Waals surface area contributed by atoms with Gasteiger partial charge in [-0.3, -0.25) is 9.59 Å². The van der Waals surface area contributed by atoms with Crippen LogP contribution in [0.15, 0.2) is 56.4 Å². The molecule has 3 aromatic heterocycles. The Hall–Kier alpha value is -3.32. The Morgan fingerprint density at radius 3 is 2.97 bits per heavy atom. The quantitative estimate of drug-likeness (QED) is 0.501. The van der Waals surface area contributed by atoms with Gasteiger partial charge in [0.1, 0.15) is 5.76 Å². The molecule has 0 unspecified atom stereocenters. The highest BCUT2D eigenvalue weighted by Gasteiger charge is 2.30. The first-order valence-electron chi connectivity index (χ1n) is 10.2. The Balaban J connectivity index is 1.44. The number of fused-ring (bicyclic) bond motifs is 3. The number of hydrogen-bond donors (Lipinski definition) is 2. The highest BCUT2D eigenvalue weighted by Crippen LogP contribution is 2.35. The van der Waals surface area contributed by atoms with Crippen molar-refractivity contribution in [2.45, 2.75) is 32.2 Å². The lowest BCUT2D eigenvalue weighted by atomic mass is 9.93. The third-order valence-electron chi connectivity index (χ3n) is 5.95. The van der Waals surface area contributed by atoms with Crippen molar-refractivity contribution in [2.75, 3.05) is 6.54 Å². The lowest BCUT2D eigenvalue weighted by molar-refractivity contribution is -0.132. The largest absolute Gasteiger partial charge is 0.502 e. The molecule has 5 rings (SSSR count). The van der Waals surface area contributed by atoms with Crippen LogP contribution >= 0.6 is 11.3 Å². The lowest BCUT2D eigenvalue weighted by Gasteiger charge is -2.28. The van der Waals surface area contributed by atoms with Gasteiger partial charge in [0.25, 0.3) is 0 Å². The standard InChI is InChI=1S/C24H22N2O4S/c1-14-10-21(27)23(29)24(30-14)18(15-7-9-31-13-15)11-22(28)26-8-6-17-16-4-2-3-5-19(16)25-20(17)12-26/h2-5,7,9-10,13,18,25,29H,6,8,11-12H2,1H3/t18-/m0/s1. The molecule has 1 aliphatic heterocycles. The van der Waals surface area contributed by atoms with E-state index >= 15 is 0 Å². The number of aryl methyl sites for hydroxylation is 1. The predicted octanol–water partition coefficient (Wildman–Crippen LogP) is 4.30. The van der Waals surface area contributed by atoms with E-state index in [2.05, 4.69) is 17.1 Å². The molecule has 2 N–H and O–H groups in total. The van der Waals surface area contributed by atoms with E-state index in [0.29, 0.717) is 18.8 Å². The summed E-state index contributed by atoms with van der Waals surface area (Å²) in [6.45, 7) is 2.82. The van der Waals surface area contributed by atoms with Gasteiger partial charge >= 0.3 is 0 Å².